The zero-order valence-corrected chi connectivity index (χ0v) is 14.7. The molecule has 2 heterocycles. The molecule has 3 rings (SSSR count). The smallest absolute Gasteiger partial charge is 0.433 e. The SMILES string of the molecule is CN(C)c1cc(C(F)(F)F)nc(N2CCC(c3ccc(O)cc3)CC2)n1. The number of phenols is 1. The predicted octanol–water partition coefficient (Wildman–Crippen LogP) is 3.65. The molecule has 0 saturated carbocycles. The summed E-state index contributed by atoms with van der Waals surface area (Å²) in [6.45, 7) is 1.17. The van der Waals surface area contributed by atoms with Gasteiger partial charge in [-0.2, -0.15) is 18.2 Å². The van der Waals surface area contributed by atoms with E-state index >= 15 is 0 Å². The molecule has 1 fully saturated rings. The summed E-state index contributed by atoms with van der Waals surface area (Å²) in [5.41, 5.74) is 0.202. The van der Waals surface area contributed by atoms with Gasteiger partial charge >= 0.3 is 6.18 Å². The number of nitrogens with zero attached hydrogens (tertiary/aromatic N) is 4. The monoisotopic (exact) mass is 366 g/mol. The van der Waals surface area contributed by atoms with Crippen LogP contribution < -0.4 is 9.80 Å². The number of phenolic OH excluding ortho intramolecular Hbond substituents is 1. The minimum atomic E-state index is -4.51. The number of hydrogen-bond acceptors (Lipinski definition) is 5. The molecule has 0 amide bonds. The van der Waals surface area contributed by atoms with Crippen LogP contribution >= 0.6 is 0 Å². The molecule has 1 aromatic carbocycles. The average molecular weight is 366 g/mol. The third-order valence-corrected chi connectivity index (χ3v) is 4.59. The van der Waals surface area contributed by atoms with Crippen molar-refractivity contribution in [2.45, 2.75) is 24.9 Å². The molecule has 26 heavy (non-hydrogen) atoms. The Balaban J connectivity index is 1.78. The van der Waals surface area contributed by atoms with E-state index in [9.17, 15) is 18.3 Å². The average Bonchev–Trinajstić information content (AvgIpc) is 2.61. The van der Waals surface area contributed by atoms with E-state index < -0.39 is 11.9 Å². The molecule has 2 aromatic rings. The van der Waals surface area contributed by atoms with Crippen LogP contribution in [0.1, 0.15) is 30.0 Å². The van der Waals surface area contributed by atoms with Crippen molar-refractivity contribution in [2.75, 3.05) is 37.0 Å². The third kappa shape index (κ3) is 4.00. The number of hydrogen-bond donors (Lipinski definition) is 1. The second-order valence-corrected chi connectivity index (χ2v) is 6.66. The number of aromatic nitrogens is 2. The van der Waals surface area contributed by atoms with E-state index in [1.54, 1.807) is 36.0 Å². The first kappa shape index (κ1) is 18.3. The number of piperidine rings is 1. The lowest BCUT2D eigenvalue weighted by molar-refractivity contribution is -0.141. The van der Waals surface area contributed by atoms with Crippen LogP contribution in [0, 0.1) is 0 Å². The molecule has 8 heteroatoms. The van der Waals surface area contributed by atoms with Gasteiger partial charge in [-0.15, -0.1) is 0 Å². The molecule has 0 aliphatic carbocycles. The lowest BCUT2D eigenvalue weighted by Crippen LogP contribution is -2.35. The summed E-state index contributed by atoms with van der Waals surface area (Å²) in [5.74, 6) is 0.890. The fraction of sp³-hybridized carbons (Fsp3) is 0.444. The van der Waals surface area contributed by atoms with Gasteiger partial charge in [-0.1, -0.05) is 12.1 Å². The normalized spacial score (nSPS) is 16.0. The fourth-order valence-electron chi connectivity index (χ4n) is 3.10. The number of benzene rings is 1. The Kier molecular flexibility index (Phi) is 4.93. The molecular weight excluding hydrogens is 345 g/mol. The van der Waals surface area contributed by atoms with Gasteiger partial charge in [0, 0.05) is 33.3 Å². The van der Waals surface area contributed by atoms with Crippen molar-refractivity contribution in [2.24, 2.45) is 0 Å². The zero-order valence-electron chi connectivity index (χ0n) is 14.7. The van der Waals surface area contributed by atoms with E-state index in [0.29, 0.717) is 19.0 Å². The van der Waals surface area contributed by atoms with Gasteiger partial charge in [-0.3, -0.25) is 0 Å². The van der Waals surface area contributed by atoms with E-state index in [1.807, 2.05) is 12.1 Å². The maximum Gasteiger partial charge on any atom is 0.433 e. The highest BCUT2D eigenvalue weighted by atomic mass is 19.4. The van der Waals surface area contributed by atoms with Crippen LogP contribution in [-0.4, -0.2) is 42.3 Å². The third-order valence-electron chi connectivity index (χ3n) is 4.59. The minimum Gasteiger partial charge on any atom is -0.508 e. The van der Waals surface area contributed by atoms with Crippen LogP contribution in [0.3, 0.4) is 0 Å². The predicted molar refractivity (Wildman–Crippen MR) is 93.7 cm³/mol. The maximum absolute atomic E-state index is 13.1. The molecule has 0 unspecified atom stereocenters. The topological polar surface area (TPSA) is 52.5 Å². The Morgan fingerprint density at radius 1 is 1.08 bits per heavy atom. The van der Waals surface area contributed by atoms with Gasteiger partial charge in [0.25, 0.3) is 0 Å². The lowest BCUT2D eigenvalue weighted by atomic mass is 9.89. The Bertz CT molecular complexity index is 754. The largest absolute Gasteiger partial charge is 0.508 e. The van der Waals surface area contributed by atoms with Crippen molar-refractivity contribution in [3.63, 3.8) is 0 Å². The van der Waals surface area contributed by atoms with Crippen LogP contribution in [0.4, 0.5) is 24.9 Å². The molecule has 140 valence electrons. The molecule has 1 aliphatic rings. The standard InChI is InChI=1S/C18H21F3N4O/c1-24(2)16-11-15(18(19,20)21)22-17(23-16)25-9-7-13(8-10-25)12-3-5-14(26)6-4-12/h3-6,11,13,26H,7-10H2,1-2H3. The number of aromatic hydroxyl groups is 1. The van der Waals surface area contributed by atoms with Crippen LogP contribution in [0.5, 0.6) is 5.75 Å². The second kappa shape index (κ2) is 7.01. The first-order valence-electron chi connectivity index (χ1n) is 8.41. The Labute approximate surface area is 150 Å². The highest BCUT2D eigenvalue weighted by molar-refractivity contribution is 5.46. The summed E-state index contributed by atoms with van der Waals surface area (Å²) >= 11 is 0. The molecule has 1 saturated heterocycles. The molecule has 0 atom stereocenters. The van der Waals surface area contributed by atoms with Crippen molar-refractivity contribution in [1.82, 2.24) is 9.97 Å². The fourth-order valence-corrected chi connectivity index (χ4v) is 3.10. The molecule has 0 bridgehead atoms. The van der Waals surface area contributed by atoms with Crippen molar-refractivity contribution in [3.05, 3.63) is 41.6 Å². The van der Waals surface area contributed by atoms with Crippen molar-refractivity contribution in [3.8, 4) is 5.75 Å². The van der Waals surface area contributed by atoms with Gasteiger partial charge in [0.2, 0.25) is 5.95 Å². The summed E-state index contributed by atoms with van der Waals surface area (Å²) in [5, 5.41) is 9.39. The summed E-state index contributed by atoms with van der Waals surface area (Å²) in [4.78, 5) is 11.4. The molecule has 0 spiro atoms. The Morgan fingerprint density at radius 2 is 1.69 bits per heavy atom. The highest BCUT2D eigenvalue weighted by Gasteiger charge is 2.35. The van der Waals surface area contributed by atoms with Crippen molar-refractivity contribution in [1.29, 1.82) is 0 Å². The van der Waals surface area contributed by atoms with Crippen molar-refractivity contribution < 1.29 is 18.3 Å². The second-order valence-electron chi connectivity index (χ2n) is 6.66. The van der Waals surface area contributed by atoms with Gasteiger partial charge < -0.3 is 14.9 Å². The van der Waals surface area contributed by atoms with E-state index in [2.05, 4.69) is 9.97 Å². The quantitative estimate of drug-likeness (QED) is 0.899. The molecule has 5 nitrogen and oxygen atoms in total. The Morgan fingerprint density at radius 3 is 2.23 bits per heavy atom. The molecule has 1 N–H and O–H groups in total. The van der Waals surface area contributed by atoms with E-state index in [0.717, 1.165) is 24.5 Å². The van der Waals surface area contributed by atoms with Gasteiger partial charge in [0.1, 0.15) is 11.6 Å². The zero-order chi connectivity index (χ0) is 18.9. The van der Waals surface area contributed by atoms with Gasteiger partial charge in [-0.05, 0) is 36.5 Å². The van der Waals surface area contributed by atoms with Gasteiger partial charge in [0.15, 0.2) is 5.69 Å². The number of anilines is 2. The first-order valence-corrected chi connectivity index (χ1v) is 8.41. The summed E-state index contributed by atoms with van der Waals surface area (Å²) in [6, 6.07) is 8.05. The van der Waals surface area contributed by atoms with E-state index in [1.165, 1.54) is 0 Å². The van der Waals surface area contributed by atoms with Crippen LogP contribution in [-0.2, 0) is 6.18 Å². The van der Waals surface area contributed by atoms with E-state index in [4.69, 9.17) is 0 Å². The van der Waals surface area contributed by atoms with E-state index in [-0.39, 0.29) is 17.5 Å². The summed E-state index contributed by atoms with van der Waals surface area (Å²) < 4.78 is 39.4. The van der Waals surface area contributed by atoms with Gasteiger partial charge in [0.05, 0.1) is 0 Å². The first-order chi connectivity index (χ1) is 12.2. The molecule has 1 aromatic heterocycles. The molecule has 1 aliphatic heterocycles. The molecular formula is C18H21F3N4O. The number of rotatable bonds is 3. The number of halogens is 3. The summed E-state index contributed by atoms with van der Waals surface area (Å²) in [7, 11) is 3.31. The van der Waals surface area contributed by atoms with Crippen LogP contribution in [0.15, 0.2) is 30.3 Å². The van der Waals surface area contributed by atoms with Crippen molar-refractivity contribution >= 4 is 11.8 Å². The highest BCUT2D eigenvalue weighted by Crippen LogP contribution is 2.33. The van der Waals surface area contributed by atoms with Crippen LogP contribution in [0.25, 0.3) is 0 Å². The van der Waals surface area contributed by atoms with Gasteiger partial charge in [-0.25, -0.2) is 4.98 Å². The maximum atomic E-state index is 13.1. The lowest BCUT2D eigenvalue weighted by Gasteiger charge is -2.33. The minimum absolute atomic E-state index is 0.118. The Hall–Kier alpha value is -2.51. The number of alkyl halides is 3. The molecule has 0 radical (unpaired) electrons. The van der Waals surface area contributed by atoms with Crippen LogP contribution in [0.2, 0.25) is 0 Å². The summed E-state index contributed by atoms with van der Waals surface area (Å²) in [6.07, 6.45) is -2.92.